The third-order valence-electron chi connectivity index (χ3n) is 3.85. The van der Waals surface area contributed by atoms with E-state index < -0.39 is 0 Å². The van der Waals surface area contributed by atoms with Crippen LogP contribution in [0.25, 0.3) is 0 Å². The first-order chi connectivity index (χ1) is 8.74. The van der Waals surface area contributed by atoms with Gasteiger partial charge in [-0.05, 0) is 37.4 Å². The molecule has 2 unspecified atom stereocenters. The highest BCUT2D eigenvalue weighted by molar-refractivity contribution is 5.93. The molecule has 0 aromatic carbocycles. The van der Waals surface area contributed by atoms with E-state index in [1.807, 2.05) is 18.2 Å². The average molecular weight is 247 g/mol. The van der Waals surface area contributed by atoms with E-state index in [4.69, 9.17) is 5.73 Å². The first kappa shape index (κ1) is 13.0. The van der Waals surface area contributed by atoms with Crippen LogP contribution in [0.1, 0.15) is 25.7 Å². The summed E-state index contributed by atoms with van der Waals surface area (Å²) in [7, 11) is 1.80. The Kier molecular flexibility index (Phi) is 4.31. The van der Waals surface area contributed by atoms with E-state index in [0.29, 0.717) is 18.3 Å². The van der Waals surface area contributed by atoms with Gasteiger partial charge in [-0.3, -0.25) is 9.69 Å². The Bertz CT molecular complexity index is 393. The predicted octanol–water partition coefficient (Wildman–Crippen LogP) is 1.81. The molecule has 1 aliphatic carbocycles. The molecule has 1 heterocycles. The number of amides is 1. The highest BCUT2D eigenvalue weighted by Crippen LogP contribution is 2.31. The van der Waals surface area contributed by atoms with Crippen LogP contribution in [0.4, 0.5) is 5.82 Å². The smallest absolute Gasteiger partial charge is 0.231 e. The standard InChI is InChI=1S/C14H21N3O/c1-17(13-8-4-5-9-16-13)14(18)12-7-3-2-6-11(12)10-15/h4-5,8-9,11-12H,2-3,6-7,10,15H2,1H3. The van der Waals surface area contributed by atoms with Crippen molar-refractivity contribution in [1.82, 2.24) is 4.98 Å². The zero-order valence-electron chi connectivity index (χ0n) is 10.9. The molecule has 1 aromatic heterocycles. The van der Waals surface area contributed by atoms with Crippen molar-refractivity contribution < 1.29 is 4.79 Å². The zero-order valence-corrected chi connectivity index (χ0v) is 10.9. The molecule has 0 bridgehead atoms. The summed E-state index contributed by atoms with van der Waals surface area (Å²) in [4.78, 5) is 18.4. The van der Waals surface area contributed by atoms with Crippen LogP contribution >= 0.6 is 0 Å². The van der Waals surface area contributed by atoms with Gasteiger partial charge in [-0.1, -0.05) is 18.9 Å². The Balaban J connectivity index is 2.10. The Labute approximate surface area is 108 Å². The summed E-state index contributed by atoms with van der Waals surface area (Å²) in [5, 5.41) is 0. The first-order valence-corrected chi connectivity index (χ1v) is 6.62. The number of anilines is 1. The van der Waals surface area contributed by atoms with Crippen molar-refractivity contribution in [3.05, 3.63) is 24.4 Å². The third-order valence-corrected chi connectivity index (χ3v) is 3.85. The van der Waals surface area contributed by atoms with Crippen molar-refractivity contribution in [1.29, 1.82) is 0 Å². The maximum atomic E-state index is 12.5. The molecule has 1 aromatic rings. The fourth-order valence-electron chi connectivity index (χ4n) is 2.73. The number of hydrogen-bond donors (Lipinski definition) is 1. The van der Waals surface area contributed by atoms with E-state index >= 15 is 0 Å². The summed E-state index contributed by atoms with van der Waals surface area (Å²) >= 11 is 0. The molecule has 1 fully saturated rings. The van der Waals surface area contributed by atoms with Crippen molar-refractivity contribution in [2.24, 2.45) is 17.6 Å². The lowest BCUT2D eigenvalue weighted by Gasteiger charge is -2.32. The van der Waals surface area contributed by atoms with Crippen molar-refractivity contribution >= 4 is 11.7 Å². The summed E-state index contributed by atoms with van der Waals surface area (Å²) in [6.45, 7) is 0.604. The number of pyridine rings is 1. The molecule has 0 radical (unpaired) electrons. The van der Waals surface area contributed by atoms with Crippen LogP contribution in [0.2, 0.25) is 0 Å². The second-order valence-electron chi connectivity index (χ2n) is 4.97. The molecule has 1 aliphatic rings. The van der Waals surface area contributed by atoms with E-state index in [0.717, 1.165) is 19.3 Å². The number of carbonyl (C=O) groups is 1. The Hall–Kier alpha value is -1.42. The molecule has 0 saturated heterocycles. The van der Waals surface area contributed by atoms with E-state index in [2.05, 4.69) is 4.98 Å². The predicted molar refractivity (Wildman–Crippen MR) is 72.1 cm³/mol. The van der Waals surface area contributed by atoms with Gasteiger partial charge in [0.05, 0.1) is 0 Å². The minimum atomic E-state index is 0.0655. The third kappa shape index (κ3) is 2.70. The van der Waals surface area contributed by atoms with Gasteiger partial charge in [-0.2, -0.15) is 0 Å². The van der Waals surface area contributed by atoms with Crippen LogP contribution < -0.4 is 10.6 Å². The van der Waals surface area contributed by atoms with Crippen molar-refractivity contribution in [3.63, 3.8) is 0 Å². The second kappa shape index (κ2) is 5.96. The van der Waals surface area contributed by atoms with Crippen LogP contribution in [0.5, 0.6) is 0 Å². The minimum Gasteiger partial charge on any atom is -0.330 e. The topological polar surface area (TPSA) is 59.2 Å². The van der Waals surface area contributed by atoms with Crippen LogP contribution in [0.3, 0.4) is 0 Å². The van der Waals surface area contributed by atoms with Gasteiger partial charge in [0.15, 0.2) is 0 Å². The molecule has 98 valence electrons. The van der Waals surface area contributed by atoms with Crippen LogP contribution in [-0.2, 0) is 4.79 Å². The summed E-state index contributed by atoms with van der Waals surface area (Å²) < 4.78 is 0. The quantitative estimate of drug-likeness (QED) is 0.886. The van der Waals surface area contributed by atoms with Gasteiger partial charge in [0.2, 0.25) is 5.91 Å². The number of rotatable bonds is 3. The second-order valence-corrected chi connectivity index (χ2v) is 4.97. The van der Waals surface area contributed by atoms with Crippen LogP contribution in [0, 0.1) is 11.8 Å². The van der Waals surface area contributed by atoms with Crippen LogP contribution in [-0.4, -0.2) is 24.5 Å². The minimum absolute atomic E-state index is 0.0655. The SMILES string of the molecule is CN(C(=O)C1CCCCC1CN)c1ccccn1. The molecular weight excluding hydrogens is 226 g/mol. The van der Waals surface area contributed by atoms with E-state index in [-0.39, 0.29) is 11.8 Å². The molecular formula is C14H21N3O. The Morgan fingerprint density at radius 2 is 2.22 bits per heavy atom. The number of hydrogen-bond acceptors (Lipinski definition) is 3. The molecule has 1 saturated carbocycles. The Morgan fingerprint density at radius 3 is 2.89 bits per heavy atom. The lowest BCUT2D eigenvalue weighted by Crippen LogP contribution is -2.40. The maximum absolute atomic E-state index is 12.5. The number of carbonyl (C=O) groups excluding carboxylic acids is 1. The summed E-state index contributed by atoms with van der Waals surface area (Å²) in [6.07, 6.45) is 6.06. The molecule has 2 atom stereocenters. The van der Waals surface area contributed by atoms with Gasteiger partial charge in [0.1, 0.15) is 5.82 Å². The molecule has 4 nitrogen and oxygen atoms in total. The van der Waals surface area contributed by atoms with Crippen LogP contribution in [0.15, 0.2) is 24.4 Å². The van der Waals surface area contributed by atoms with Crippen molar-refractivity contribution in [3.8, 4) is 0 Å². The van der Waals surface area contributed by atoms with Gasteiger partial charge in [0.25, 0.3) is 0 Å². The molecule has 0 aliphatic heterocycles. The molecule has 4 heteroatoms. The van der Waals surface area contributed by atoms with Gasteiger partial charge in [-0.15, -0.1) is 0 Å². The lowest BCUT2D eigenvalue weighted by atomic mass is 9.78. The lowest BCUT2D eigenvalue weighted by molar-refractivity contribution is -0.124. The fraction of sp³-hybridized carbons (Fsp3) is 0.571. The molecule has 1 amide bonds. The van der Waals surface area contributed by atoms with Crippen molar-refractivity contribution in [2.75, 3.05) is 18.5 Å². The number of nitrogens with zero attached hydrogens (tertiary/aromatic N) is 2. The highest BCUT2D eigenvalue weighted by Gasteiger charge is 2.32. The maximum Gasteiger partial charge on any atom is 0.231 e. The summed E-state index contributed by atoms with van der Waals surface area (Å²) in [5.74, 6) is 1.26. The first-order valence-electron chi connectivity index (χ1n) is 6.62. The normalized spacial score (nSPS) is 23.7. The summed E-state index contributed by atoms with van der Waals surface area (Å²) in [6, 6.07) is 5.61. The average Bonchev–Trinajstić information content (AvgIpc) is 2.46. The molecule has 2 N–H and O–H groups in total. The molecule has 18 heavy (non-hydrogen) atoms. The zero-order chi connectivity index (χ0) is 13.0. The van der Waals surface area contributed by atoms with E-state index in [9.17, 15) is 4.79 Å². The van der Waals surface area contributed by atoms with Gasteiger partial charge in [-0.25, -0.2) is 4.98 Å². The van der Waals surface area contributed by atoms with E-state index in [1.54, 1.807) is 18.1 Å². The van der Waals surface area contributed by atoms with Crippen molar-refractivity contribution in [2.45, 2.75) is 25.7 Å². The largest absolute Gasteiger partial charge is 0.330 e. The number of nitrogens with two attached hydrogens (primary N) is 1. The number of aromatic nitrogens is 1. The van der Waals surface area contributed by atoms with Gasteiger partial charge < -0.3 is 5.73 Å². The molecule has 2 rings (SSSR count). The van der Waals surface area contributed by atoms with E-state index in [1.165, 1.54) is 6.42 Å². The van der Waals surface area contributed by atoms with Gasteiger partial charge in [0, 0.05) is 19.2 Å². The van der Waals surface area contributed by atoms with Gasteiger partial charge >= 0.3 is 0 Å². The highest BCUT2D eigenvalue weighted by atomic mass is 16.2. The molecule has 0 spiro atoms. The monoisotopic (exact) mass is 247 g/mol. The Morgan fingerprint density at radius 1 is 1.44 bits per heavy atom. The summed E-state index contributed by atoms with van der Waals surface area (Å²) in [5.41, 5.74) is 5.78. The fourth-order valence-corrected chi connectivity index (χ4v) is 2.73.